The summed E-state index contributed by atoms with van der Waals surface area (Å²) in [5.41, 5.74) is 0.817. The number of methoxy groups -OCH3 is 1. The number of nitro benzene ring substituents is 1. The number of nitro groups is 1. The van der Waals surface area contributed by atoms with Crippen LogP contribution in [0.2, 0.25) is 0 Å². The molecule has 0 saturated carbocycles. The van der Waals surface area contributed by atoms with E-state index in [1.807, 2.05) is 6.07 Å². The zero-order chi connectivity index (χ0) is 15.2. The second-order valence-electron chi connectivity index (χ2n) is 4.00. The summed E-state index contributed by atoms with van der Waals surface area (Å²) in [4.78, 5) is 14.1. The molecule has 1 heterocycles. The molecule has 2 rings (SSSR count). The normalized spacial score (nSPS) is 9.71. The molecule has 0 aliphatic rings. The van der Waals surface area contributed by atoms with Gasteiger partial charge in [0.15, 0.2) is 11.5 Å². The molecular weight excluding hydrogens is 274 g/mol. The fraction of sp³-hybridized carbons (Fsp3) is 0.143. The molecule has 0 saturated heterocycles. The first kappa shape index (κ1) is 14.3. The third kappa shape index (κ3) is 3.25. The van der Waals surface area contributed by atoms with E-state index >= 15 is 0 Å². The lowest BCUT2D eigenvalue weighted by molar-refractivity contribution is -0.385. The van der Waals surface area contributed by atoms with Crippen molar-refractivity contribution in [3.05, 3.63) is 57.9 Å². The minimum absolute atomic E-state index is 0.0849. The highest BCUT2D eigenvalue weighted by atomic mass is 16.6. The fourth-order valence-electron chi connectivity index (χ4n) is 1.70. The van der Waals surface area contributed by atoms with Crippen molar-refractivity contribution in [2.75, 3.05) is 7.11 Å². The number of hydrogen-bond donors (Lipinski definition) is 0. The number of pyridine rings is 1. The van der Waals surface area contributed by atoms with Crippen molar-refractivity contribution in [1.82, 2.24) is 4.98 Å². The zero-order valence-electron chi connectivity index (χ0n) is 11.1. The van der Waals surface area contributed by atoms with Crippen LogP contribution in [0.15, 0.2) is 36.5 Å². The Hall–Kier alpha value is -3.14. The second kappa shape index (κ2) is 6.34. The van der Waals surface area contributed by atoms with Gasteiger partial charge in [0.2, 0.25) is 0 Å². The summed E-state index contributed by atoms with van der Waals surface area (Å²) in [6, 6.07) is 9.46. The molecular formula is C14H11N3O4. The lowest BCUT2D eigenvalue weighted by Gasteiger charge is -2.10. The minimum Gasteiger partial charge on any atom is -0.493 e. The van der Waals surface area contributed by atoms with Crippen LogP contribution in [0.25, 0.3) is 0 Å². The highest BCUT2D eigenvalue weighted by molar-refractivity contribution is 5.48. The molecule has 7 heteroatoms. The lowest BCUT2D eigenvalue weighted by Crippen LogP contribution is -2.01. The predicted molar refractivity (Wildman–Crippen MR) is 72.9 cm³/mol. The average Bonchev–Trinajstić information content (AvgIpc) is 2.52. The second-order valence-corrected chi connectivity index (χ2v) is 4.00. The summed E-state index contributed by atoms with van der Waals surface area (Å²) in [7, 11) is 1.40. The molecule has 0 radical (unpaired) electrons. The maximum atomic E-state index is 10.7. The van der Waals surface area contributed by atoms with Crippen LogP contribution in [0.1, 0.15) is 11.3 Å². The van der Waals surface area contributed by atoms with Crippen molar-refractivity contribution in [3.8, 4) is 17.6 Å². The number of nitrogens with zero attached hydrogens (tertiary/aromatic N) is 3. The molecule has 7 nitrogen and oxygen atoms in total. The lowest BCUT2D eigenvalue weighted by atomic mass is 10.2. The average molecular weight is 285 g/mol. The minimum atomic E-state index is -0.513. The van der Waals surface area contributed by atoms with Gasteiger partial charge in [-0.2, -0.15) is 5.26 Å². The molecule has 0 fully saturated rings. The maximum Gasteiger partial charge on any atom is 0.273 e. The number of nitriles is 1. The van der Waals surface area contributed by atoms with Crippen LogP contribution >= 0.6 is 0 Å². The summed E-state index contributed by atoms with van der Waals surface area (Å²) in [5, 5.41) is 19.7. The molecule has 1 aromatic carbocycles. The van der Waals surface area contributed by atoms with Gasteiger partial charge in [-0.05, 0) is 12.1 Å². The summed E-state index contributed by atoms with van der Waals surface area (Å²) >= 11 is 0. The SMILES string of the molecule is COc1cc([N+](=O)[O-])ccc1OCc1cccnc1C#N. The van der Waals surface area contributed by atoms with Gasteiger partial charge in [-0.1, -0.05) is 6.07 Å². The van der Waals surface area contributed by atoms with E-state index in [0.29, 0.717) is 11.3 Å². The molecule has 106 valence electrons. The van der Waals surface area contributed by atoms with Crippen LogP contribution in [0.5, 0.6) is 11.5 Å². The van der Waals surface area contributed by atoms with Gasteiger partial charge in [-0.3, -0.25) is 10.1 Å². The number of benzene rings is 1. The Balaban J connectivity index is 2.20. The van der Waals surface area contributed by atoms with E-state index in [2.05, 4.69) is 4.98 Å². The van der Waals surface area contributed by atoms with E-state index in [1.54, 1.807) is 12.1 Å². The van der Waals surface area contributed by atoms with Crippen LogP contribution in [-0.2, 0) is 6.61 Å². The molecule has 0 bridgehead atoms. The van der Waals surface area contributed by atoms with Crippen molar-refractivity contribution in [1.29, 1.82) is 5.26 Å². The Labute approximate surface area is 120 Å². The quantitative estimate of drug-likeness (QED) is 0.618. The smallest absolute Gasteiger partial charge is 0.273 e. The summed E-state index contributed by atoms with van der Waals surface area (Å²) in [6.07, 6.45) is 1.52. The molecule has 1 aromatic heterocycles. The molecule has 0 spiro atoms. The van der Waals surface area contributed by atoms with Crippen molar-refractivity contribution < 1.29 is 14.4 Å². The Morgan fingerprint density at radius 2 is 2.19 bits per heavy atom. The predicted octanol–water partition coefficient (Wildman–Crippen LogP) is 2.45. The largest absolute Gasteiger partial charge is 0.493 e. The molecule has 0 N–H and O–H groups in total. The third-order valence-corrected chi connectivity index (χ3v) is 2.74. The van der Waals surface area contributed by atoms with E-state index in [1.165, 1.54) is 31.5 Å². The van der Waals surface area contributed by atoms with Crippen LogP contribution in [0, 0.1) is 21.4 Å². The highest BCUT2D eigenvalue weighted by Gasteiger charge is 2.13. The van der Waals surface area contributed by atoms with Crippen LogP contribution in [0.3, 0.4) is 0 Å². The molecule has 0 aliphatic carbocycles. The van der Waals surface area contributed by atoms with E-state index in [9.17, 15) is 10.1 Å². The van der Waals surface area contributed by atoms with Gasteiger partial charge in [0.1, 0.15) is 18.4 Å². The number of aromatic nitrogens is 1. The van der Waals surface area contributed by atoms with Crippen LogP contribution < -0.4 is 9.47 Å². The third-order valence-electron chi connectivity index (χ3n) is 2.74. The van der Waals surface area contributed by atoms with E-state index in [-0.39, 0.29) is 23.7 Å². The van der Waals surface area contributed by atoms with Gasteiger partial charge in [0.25, 0.3) is 5.69 Å². The Bertz CT molecular complexity index is 710. The first-order valence-corrected chi connectivity index (χ1v) is 5.95. The van der Waals surface area contributed by atoms with Gasteiger partial charge in [-0.25, -0.2) is 4.98 Å². The van der Waals surface area contributed by atoms with Crippen molar-refractivity contribution >= 4 is 5.69 Å². The van der Waals surface area contributed by atoms with E-state index < -0.39 is 4.92 Å². The summed E-state index contributed by atoms with van der Waals surface area (Å²) in [5.74, 6) is 0.613. The number of ether oxygens (including phenoxy) is 2. The van der Waals surface area contributed by atoms with E-state index in [4.69, 9.17) is 14.7 Å². The van der Waals surface area contributed by atoms with E-state index in [0.717, 1.165) is 0 Å². The fourth-order valence-corrected chi connectivity index (χ4v) is 1.70. The molecule has 0 atom stereocenters. The first-order valence-electron chi connectivity index (χ1n) is 5.95. The maximum absolute atomic E-state index is 10.7. The van der Waals surface area contributed by atoms with Crippen LogP contribution in [0.4, 0.5) is 5.69 Å². The summed E-state index contributed by atoms with van der Waals surface area (Å²) < 4.78 is 10.6. The molecule has 0 unspecified atom stereocenters. The monoisotopic (exact) mass is 285 g/mol. The van der Waals surface area contributed by atoms with Crippen molar-refractivity contribution in [2.24, 2.45) is 0 Å². The number of non-ortho nitro benzene ring substituents is 1. The Kier molecular flexibility index (Phi) is 4.31. The molecule has 0 aliphatic heterocycles. The zero-order valence-corrected chi connectivity index (χ0v) is 11.1. The highest BCUT2D eigenvalue weighted by Crippen LogP contribution is 2.31. The van der Waals surface area contributed by atoms with Gasteiger partial charge >= 0.3 is 0 Å². The van der Waals surface area contributed by atoms with Gasteiger partial charge in [0.05, 0.1) is 18.1 Å². The molecule has 0 amide bonds. The van der Waals surface area contributed by atoms with Gasteiger partial charge in [-0.15, -0.1) is 0 Å². The van der Waals surface area contributed by atoms with Crippen LogP contribution in [-0.4, -0.2) is 17.0 Å². The molecule has 21 heavy (non-hydrogen) atoms. The first-order chi connectivity index (χ1) is 10.2. The topological polar surface area (TPSA) is 98.3 Å². The standard InChI is InChI=1S/C14H11N3O4/c1-20-14-7-11(17(18)19)4-5-13(14)21-9-10-3-2-6-16-12(10)8-15/h2-7H,9H2,1H3. The number of hydrogen-bond acceptors (Lipinski definition) is 6. The Morgan fingerprint density at radius 3 is 2.86 bits per heavy atom. The summed E-state index contributed by atoms with van der Waals surface area (Å²) in [6.45, 7) is 0.116. The van der Waals surface area contributed by atoms with Crippen molar-refractivity contribution in [3.63, 3.8) is 0 Å². The number of rotatable bonds is 5. The Morgan fingerprint density at radius 1 is 1.38 bits per heavy atom. The van der Waals surface area contributed by atoms with Crippen molar-refractivity contribution in [2.45, 2.75) is 6.61 Å². The molecule has 2 aromatic rings. The van der Waals surface area contributed by atoms with Gasteiger partial charge < -0.3 is 9.47 Å². The van der Waals surface area contributed by atoms with Gasteiger partial charge in [0, 0.05) is 17.8 Å².